The molecule has 166 valence electrons. The summed E-state index contributed by atoms with van der Waals surface area (Å²) >= 11 is 0. The van der Waals surface area contributed by atoms with Gasteiger partial charge in [0.25, 0.3) is 0 Å². The van der Waals surface area contributed by atoms with Crippen molar-refractivity contribution in [3.05, 3.63) is 35.4 Å². The number of hydrogen-bond donors (Lipinski definition) is 1. The van der Waals surface area contributed by atoms with Gasteiger partial charge in [-0.25, -0.2) is 0 Å². The lowest BCUT2D eigenvalue weighted by molar-refractivity contribution is -0.137. The molecule has 2 heterocycles. The van der Waals surface area contributed by atoms with Crippen LogP contribution in [0.1, 0.15) is 43.4 Å². The molecule has 0 amide bonds. The van der Waals surface area contributed by atoms with Gasteiger partial charge in [-0.1, -0.05) is 12.1 Å². The van der Waals surface area contributed by atoms with Crippen LogP contribution in [0.3, 0.4) is 0 Å². The third kappa shape index (κ3) is 5.27. The fourth-order valence-corrected chi connectivity index (χ4v) is 4.38. The minimum absolute atomic E-state index is 0.401. The Labute approximate surface area is 176 Å². The molecule has 8 heteroatoms. The molecular weight excluding hydrogens is 393 g/mol. The summed E-state index contributed by atoms with van der Waals surface area (Å²) in [5, 5.41) is 3.36. The Morgan fingerprint density at radius 1 is 1.20 bits per heavy atom. The zero-order chi connectivity index (χ0) is 21.1. The normalized spacial score (nSPS) is 26.3. The standard InChI is InChI=1S/C22H31F3N4O/c1-2-26-21(27-13-16-8-9-28(14-16)19-6-7-19)29-10-11-30-20(15-29)17-4-3-5-18(12-17)22(23,24)25/h3-5,12,16,19-20H,2,6-11,13-15H2,1H3,(H,26,27). The number of alkyl halides is 3. The Morgan fingerprint density at radius 3 is 2.77 bits per heavy atom. The molecule has 2 aliphatic heterocycles. The number of likely N-dealkylation sites (tertiary alicyclic amines) is 1. The van der Waals surface area contributed by atoms with Crippen molar-refractivity contribution in [2.45, 2.75) is 44.5 Å². The number of ether oxygens (including phenoxy) is 1. The van der Waals surface area contributed by atoms with E-state index in [1.807, 2.05) is 6.92 Å². The Bertz CT molecular complexity index is 750. The molecule has 0 aromatic heterocycles. The first-order valence-electron chi connectivity index (χ1n) is 11.0. The zero-order valence-electron chi connectivity index (χ0n) is 17.5. The average molecular weight is 425 g/mol. The number of guanidine groups is 1. The first-order chi connectivity index (χ1) is 14.4. The van der Waals surface area contributed by atoms with E-state index in [1.165, 1.54) is 37.9 Å². The van der Waals surface area contributed by atoms with Crippen LogP contribution >= 0.6 is 0 Å². The molecule has 1 N–H and O–H groups in total. The minimum atomic E-state index is -4.35. The van der Waals surface area contributed by atoms with Crippen LogP contribution in [0.15, 0.2) is 29.3 Å². The van der Waals surface area contributed by atoms with Crippen molar-refractivity contribution < 1.29 is 17.9 Å². The topological polar surface area (TPSA) is 40.1 Å². The first kappa shape index (κ1) is 21.4. The fraction of sp³-hybridized carbons (Fsp3) is 0.682. The summed E-state index contributed by atoms with van der Waals surface area (Å²) in [6.07, 6.45) is -0.889. The summed E-state index contributed by atoms with van der Waals surface area (Å²) in [5.41, 5.74) is -0.0796. The number of aliphatic imine (C=N–C) groups is 1. The largest absolute Gasteiger partial charge is 0.416 e. The molecule has 0 spiro atoms. The lowest BCUT2D eigenvalue weighted by Crippen LogP contribution is -2.48. The molecule has 0 radical (unpaired) electrons. The molecule has 30 heavy (non-hydrogen) atoms. The van der Waals surface area contributed by atoms with Crippen LogP contribution < -0.4 is 5.32 Å². The lowest BCUT2D eigenvalue weighted by atomic mass is 10.0. The number of benzene rings is 1. The summed E-state index contributed by atoms with van der Waals surface area (Å²) < 4.78 is 45.1. The van der Waals surface area contributed by atoms with E-state index in [9.17, 15) is 13.2 Å². The van der Waals surface area contributed by atoms with Crippen LogP contribution in [0.2, 0.25) is 0 Å². The highest BCUT2D eigenvalue weighted by atomic mass is 19.4. The van der Waals surface area contributed by atoms with Crippen molar-refractivity contribution >= 4 is 5.96 Å². The van der Waals surface area contributed by atoms with E-state index in [2.05, 4.69) is 15.1 Å². The van der Waals surface area contributed by atoms with Gasteiger partial charge in [0.05, 0.1) is 18.7 Å². The molecule has 5 nitrogen and oxygen atoms in total. The molecular formula is C22H31F3N4O. The first-order valence-corrected chi connectivity index (χ1v) is 11.0. The Hall–Kier alpha value is -1.80. The van der Waals surface area contributed by atoms with Gasteiger partial charge in [-0.15, -0.1) is 0 Å². The van der Waals surface area contributed by atoms with E-state index < -0.39 is 17.8 Å². The van der Waals surface area contributed by atoms with Gasteiger partial charge in [0, 0.05) is 32.2 Å². The zero-order valence-corrected chi connectivity index (χ0v) is 17.5. The summed E-state index contributed by atoms with van der Waals surface area (Å²) in [6.45, 7) is 7.52. The second-order valence-corrected chi connectivity index (χ2v) is 8.50. The molecule has 1 aliphatic carbocycles. The maximum absolute atomic E-state index is 13.1. The SMILES string of the molecule is CCNC(=NCC1CCN(C2CC2)C1)N1CCOC(c2cccc(C(F)(F)F)c2)C1. The van der Waals surface area contributed by atoms with E-state index in [4.69, 9.17) is 9.73 Å². The molecule has 4 rings (SSSR count). The van der Waals surface area contributed by atoms with Crippen molar-refractivity contribution in [2.75, 3.05) is 45.9 Å². The quantitative estimate of drug-likeness (QED) is 0.580. The van der Waals surface area contributed by atoms with Crippen molar-refractivity contribution in [2.24, 2.45) is 10.9 Å². The molecule has 2 unspecified atom stereocenters. The number of morpholine rings is 1. The smallest absolute Gasteiger partial charge is 0.370 e. The Morgan fingerprint density at radius 2 is 2.03 bits per heavy atom. The maximum Gasteiger partial charge on any atom is 0.416 e. The Kier molecular flexibility index (Phi) is 6.53. The number of rotatable bonds is 5. The number of nitrogens with one attached hydrogen (secondary N) is 1. The van der Waals surface area contributed by atoms with Crippen molar-refractivity contribution in [1.82, 2.24) is 15.1 Å². The van der Waals surface area contributed by atoms with Crippen LogP contribution in [0.5, 0.6) is 0 Å². The highest BCUT2D eigenvalue weighted by Crippen LogP contribution is 2.33. The van der Waals surface area contributed by atoms with Crippen molar-refractivity contribution in [3.63, 3.8) is 0 Å². The monoisotopic (exact) mass is 424 g/mol. The summed E-state index contributed by atoms with van der Waals surface area (Å²) in [4.78, 5) is 9.59. The van der Waals surface area contributed by atoms with E-state index in [0.717, 1.165) is 37.7 Å². The summed E-state index contributed by atoms with van der Waals surface area (Å²) in [6, 6.07) is 6.26. The molecule has 2 saturated heterocycles. The molecule has 3 aliphatic rings. The van der Waals surface area contributed by atoms with E-state index in [0.29, 0.717) is 31.2 Å². The number of nitrogens with zero attached hydrogens (tertiary/aromatic N) is 3. The predicted octanol–water partition coefficient (Wildman–Crippen LogP) is 3.53. The van der Waals surface area contributed by atoms with Crippen LogP contribution in [-0.2, 0) is 10.9 Å². The lowest BCUT2D eigenvalue weighted by Gasteiger charge is -2.35. The van der Waals surface area contributed by atoms with Gasteiger partial charge >= 0.3 is 6.18 Å². The molecule has 1 saturated carbocycles. The minimum Gasteiger partial charge on any atom is -0.370 e. The Balaban J connectivity index is 1.41. The highest BCUT2D eigenvalue weighted by molar-refractivity contribution is 5.80. The van der Waals surface area contributed by atoms with E-state index in [1.54, 1.807) is 6.07 Å². The molecule has 1 aromatic carbocycles. The molecule has 1 aromatic rings. The summed E-state index contributed by atoms with van der Waals surface area (Å²) in [5.74, 6) is 1.42. The number of halogens is 3. The second kappa shape index (κ2) is 9.14. The third-order valence-electron chi connectivity index (χ3n) is 6.17. The van der Waals surface area contributed by atoms with Gasteiger partial charge in [0.1, 0.15) is 6.10 Å². The van der Waals surface area contributed by atoms with Gasteiger partial charge in [-0.05, 0) is 56.3 Å². The van der Waals surface area contributed by atoms with Crippen molar-refractivity contribution in [3.8, 4) is 0 Å². The van der Waals surface area contributed by atoms with Gasteiger partial charge in [0.15, 0.2) is 5.96 Å². The van der Waals surface area contributed by atoms with Crippen LogP contribution in [0, 0.1) is 5.92 Å². The maximum atomic E-state index is 13.1. The third-order valence-corrected chi connectivity index (χ3v) is 6.17. The second-order valence-electron chi connectivity index (χ2n) is 8.50. The van der Waals surface area contributed by atoms with Gasteiger partial charge < -0.3 is 19.9 Å². The molecule has 2 atom stereocenters. The van der Waals surface area contributed by atoms with E-state index >= 15 is 0 Å². The predicted molar refractivity (Wildman–Crippen MR) is 110 cm³/mol. The molecule has 0 bridgehead atoms. The van der Waals surface area contributed by atoms with E-state index in [-0.39, 0.29) is 0 Å². The summed E-state index contributed by atoms with van der Waals surface area (Å²) in [7, 11) is 0. The fourth-order valence-electron chi connectivity index (χ4n) is 4.38. The van der Waals surface area contributed by atoms with Crippen molar-refractivity contribution in [1.29, 1.82) is 0 Å². The average Bonchev–Trinajstić information content (AvgIpc) is 3.49. The van der Waals surface area contributed by atoms with Gasteiger partial charge in [0.2, 0.25) is 0 Å². The van der Waals surface area contributed by atoms with Crippen LogP contribution in [-0.4, -0.2) is 67.7 Å². The van der Waals surface area contributed by atoms with Gasteiger partial charge in [-0.3, -0.25) is 4.99 Å². The molecule has 3 fully saturated rings. The van der Waals surface area contributed by atoms with Gasteiger partial charge in [-0.2, -0.15) is 13.2 Å². The highest BCUT2D eigenvalue weighted by Gasteiger charge is 2.35. The van der Waals surface area contributed by atoms with Crippen LogP contribution in [0.4, 0.5) is 13.2 Å². The van der Waals surface area contributed by atoms with Crippen LogP contribution in [0.25, 0.3) is 0 Å². The number of hydrogen-bond acceptors (Lipinski definition) is 3.